The summed E-state index contributed by atoms with van der Waals surface area (Å²) < 4.78 is 13.1. The maximum atomic E-state index is 13.1. The molecule has 1 fully saturated rings. The molecule has 1 saturated heterocycles. The maximum absolute atomic E-state index is 13.1. The predicted molar refractivity (Wildman–Crippen MR) is 91.2 cm³/mol. The number of carbonyl (C=O) groups is 3. The molecule has 128 valence electrons. The minimum atomic E-state index is -0.773. The molecule has 7 heteroatoms. The van der Waals surface area contributed by atoms with Gasteiger partial charge in [0.15, 0.2) is 5.78 Å². The van der Waals surface area contributed by atoms with Gasteiger partial charge in [-0.05, 0) is 43.3 Å². The monoisotopic (exact) mass is 360 g/mol. The van der Waals surface area contributed by atoms with E-state index in [0.717, 1.165) is 4.90 Å². The molecule has 3 rings (SSSR count). The van der Waals surface area contributed by atoms with Crippen molar-refractivity contribution in [2.24, 2.45) is 0 Å². The minimum absolute atomic E-state index is 0.320. The summed E-state index contributed by atoms with van der Waals surface area (Å²) in [5.41, 5.74) is 0.714. The normalized spacial score (nSPS) is 17.3. The molecule has 1 heterocycles. The molecule has 25 heavy (non-hydrogen) atoms. The van der Waals surface area contributed by atoms with E-state index < -0.39 is 29.6 Å². The Morgan fingerprint density at radius 3 is 2.48 bits per heavy atom. The van der Waals surface area contributed by atoms with E-state index in [2.05, 4.69) is 0 Å². The number of urea groups is 1. The van der Waals surface area contributed by atoms with Crippen LogP contribution >= 0.6 is 11.6 Å². The Morgan fingerprint density at radius 2 is 1.84 bits per heavy atom. The highest BCUT2D eigenvalue weighted by Gasteiger charge is 2.44. The molecule has 1 aliphatic heterocycles. The lowest BCUT2D eigenvalue weighted by Gasteiger charge is -2.19. The van der Waals surface area contributed by atoms with Crippen molar-refractivity contribution in [1.82, 2.24) is 4.90 Å². The van der Waals surface area contributed by atoms with Crippen molar-refractivity contribution < 1.29 is 18.8 Å². The van der Waals surface area contributed by atoms with Gasteiger partial charge in [0.2, 0.25) is 0 Å². The number of ketones is 1. The molecule has 1 atom stereocenters. The minimum Gasteiger partial charge on any atom is -0.292 e. The van der Waals surface area contributed by atoms with Gasteiger partial charge in [-0.25, -0.2) is 9.18 Å². The van der Waals surface area contributed by atoms with Crippen LogP contribution in [0.25, 0.3) is 0 Å². The number of hydrogen-bond donors (Lipinski definition) is 0. The van der Waals surface area contributed by atoms with E-state index in [-0.39, 0.29) is 6.54 Å². The molecule has 1 aliphatic rings. The number of imide groups is 1. The first kappa shape index (κ1) is 17.1. The number of benzene rings is 2. The molecule has 3 amide bonds. The number of amides is 3. The van der Waals surface area contributed by atoms with Crippen LogP contribution in [0.5, 0.6) is 0 Å². The molecule has 0 saturated carbocycles. The molecule has 0 bridgehead atoms. The molecule has 0 aromatic heterocycles. The van der Waals surface area contributed by atoms with Gasteiger partial charge >= 0.3 is 6.03 Å². The van der Waals surface area contributed by atoms with Crippen LogP contribution in [0.15, 0.2) is 48.5 Å². The number of halogens is 2. The van der Waals surface area contributed by atoms with Crippen molar-refractivity contribution in [2.75, 3.05) is 11.4 Å². The van der Waals surface area contributed by atoms with Crippen molar-refractivity contribution in [3.05, 3.63) is 64.9 Å². The molecule has 0 spiro atoms. The molecule has 0 radical (unpaired) electrons. The fourth-order valence-electron chi connectivity index (χ4n) is 2.70. The third kappa shape index (κ3) is 3.25. The van der Waals surface area contributed by atoms with E-state index >= 15 is 0 Å². The van der Waals surface area contributed by atoms with Gasteiger partial charge < -0.3 is 0 Å². The van der Waals surface area contributed by atoms with Crippen LogP contribution in [0.3, 0.4) is 0 Å². The second-order valence-electron chi connectivity index (χ2n) is 5.66. The summed E-state index contributed by atoms with van der Waals surface area (Å²) in [4.78, 5) is 39.5. The standard InChI is InChI=1S/C18H14ClFN2O3/c1-11-17(24)21(10-16(23)12-3-2-4-13(19)9-12)18(25)22(11)15-7-5-14(20)6-8-15/h2-9,11H,10H2,1H3/t11-/m1/s1. The van der Waals surface area contributed by atoms with Crippen LogP contribution < -0.4 is 4.90 Å². The summed E-state index contributed by atoms with van der Waals surface area (Å²) >= 11 is 5.86. The number of nitrogens with zero attached hydrogens (tertiary/aromatic N) is 2. The summed E-state index contributed by atoms with van der Waals surface area (Å²) in [6.07, 6.45) is 0. The van der Waals surface area contributed by atoms with Crippen LogP contribution in [0.1, 0.15) is 17.3 Å². The lowest BCUT2D eigenvalue weighted by Crippen LogP contribution is -2.37. The number of rotatable bonds is 4. The Hall–Kier alpha value is -2.73. The highest BCUT2D eigenvalue weighted by Crippen LogP contribution is 2.26. The van der Waals surface area contributed by atoms with Gasteiger partial charge in [0, 0.05) is 16.3 Å². The van der Waals surface area contributed by atoms with Gasteiger partial charge in [0.1, 0.15) is 11.9 Å². The SMILES string of the molecule is C[C@@H]1C(=O)N(CC(=O)c2cccc(Cl)c2)C(=O)N1c1ccc(F)cc1. The van der Waals surface area contributed by atoms with Gasteiger partial charge in [0.25, 0.3) is 5.91 Å². The Bertz CT molecular complexity index is 854. The first-order valence-corrected chi connectivity index (χ1v) is 7.95. The second-order valence-corrected chi connectivity index (χ2v) is 6.10. The average molecular weight is 361 g/mol. The molecular formula is C18H14ClFN2O3. The Kier molecular flexibility index (Phi) is 4.55. The Balaban J connectivity index is 1.83. The summed E-state index contributed by atoms with van der Waals surface area (Å²) in [7, 11) is 0. The van der Waals surface area contributed by atoms with Crippen LogP contribution in [0.2, 0.25) is 5.02 Å². The van der Waals surface area contributed by atoms with Crippen molar-refractivity contribution in [2.45, 2.75) is 13.0 Å². The summed E-state index contributed by atoms with van der Waals surface area (Å²) in [5, 5.41) is 0.395. The molecule has 0 unspecified atom stereocenters. The van der Waals surface area contributed by atoms with Crippen molar-refractivity contribution >= 4 is 35.0 Å². The van der Waals surface area contributed by atoms with E-state index in [9.17, 15) is 18.8 Å². The predicted octanol–water partition coefficient (Wildman–Crippen LogP) is 3.52. The quantitative estimate of drug-likeness (QED) is 0.619. The first-order chi connectivity index (χ1) is 11.9. The van der Waals surface area contributed by atoms with Crippen LogP contribution in [0, 0.1) is 5.82 Å². The summed E-state index contributed by atoms with van der Waals surface area (Å²) in [6.45, 7) is 1.19. The smallest absolute Gasteiger partial charge is 0.292 e. The molecular weight excluding hydrogens is 347 g/mol. The Morgan fingerprint density at radius 1 is 1.16 bits per heavy atom. The molecule has 0 N–H and O–H groups in total. The lowest BCUT2D eigenvalue weighted by atomic mass is 10.1. The highest BCUT2D eigenvalue weighted by molar-refractivity contribution is 6.31. The van der Waals surface area contributed by atoms with Gasteiger partial charge in [-0.2, -0.15) is 0 Å². The number of anilines is 1. The zero-order valence-corrected chi connectivity index (χ0v) is 14.0. The van der Waals surface area contributed by atoms with Crippen LogP contribution in [0.4, 0.5) is 14.9 Å². The van der Waals surface area contributed by atoms with E-state index in [4.69, 9.17) is 11.6 Å². The highest BCUT2D eigenvalue weighted by atomic mass is 35.5. The number of Topliss-reactive ketones (excluding diaryl/α,β-unsaturated/α-hetero) is 1. The number of carbonyl (C=O) groups excluding carboxylic acids is 3. The number of hydrogen-bond acceptors (Lipinski definition) is 3. The van der Waals surface area contributed by atoms with E-state index in [0.29, 0.717) is 16.3 Å². The fourth-order valence-corrected chi connectivity index (χ4v) is 2.89. The lowest BCUT2D eigenvalue weighted by molar-refractivity contribution is -0.126. The van der Waals surface area contributed by atoms with Gasteiger partial charge in [-0.3, -0.25) is 19.4 Å². The van der Waals surface area contributed by atoms with Crippen molar-refractivity contribution in [1.29, 1.82) is 0 Å². The topological polar surface area (TPSA) is 57.7 Å². The van der Waals surface area contributed by atoms with Crippen LogP contribution in [-0.2, 0) is 4.79 Å². The van der Waals surface area contributed by atoms with E-state index in [1.54, 1.807) is 25.1 Å². The van der Waals surface area contributed by atoms with Crippen LogP contribution in [-0.4, -0.2) is 35.2 Å². The molecule has 5 nitrogen and oxygen atoms in total. The fraction of sp³-hybridized carbons (Fsp3) is 0.167. The maximum Gasteiger partial charge on any atom is 0.332 e. The second kappa shape index (κ2) is 6.64. The van der Waals surface area contributed by atoms with E-state index in [1.165, 1.54) is 35.2 Å². The van der Waals surface area contributed by atoms with Crippen molar-refractivity contribution in [3.63, 3.8) is 0 Å². The third-order valence-corrected chi connectivity index (χ3v) is 4.24. The average Bonchev–Trinajstić information content (AvgIpc) is 2.79. The molecule has 2 aromatic carbocycles. The van der Waals surface area contributed by atoms with E-state index in [1.807, 2.05) is 0 Å². The largest absolute Gasteiger partial charge is 0.332 e. The Labute approximate surface area is 148 Å². The summed E-state index contributed by atoms with van der Waals surface area (Å²) in [5.74, 6) is -1.32. The van der Waals surface area contributed by atoms with Gasteiger partial charge in [0.05, 0.1) is 6.54 Å². The zero-order chi connectivity index (χ0) is 18.1. The van der Waals surface area contributed by atoms with Crippen molar-refractivity contribution in [3.8, 4) is 0 Å². The first-order valence-electron chi connectivity index (χ1n) is 7.57. The molecule has 2 aromatic rings. The zero-order valence-electron chi connectivity index (χ0n) is 13.3. The third-order valence-electron chi connectivity index (χ3n) is 4.00. The summed E-state index contributed by atoms with van der Waals surface area (Å²) in [6, 6.07) is 10.2. The van der Waals surface area contributed by atoms with Gasteiger partial charge in [-0.1, -0.05) is 23.7 Å². The molecule has 0 aliphatic carbocycles. The van der Waals surface area contributed by atoms with Gasteiger partial charge in [-0.15, -0.1) is 0 Å².